The average Bonchev–Trinajstić information content (AvgIpc) is 3.38. The fraction of sp³-hybridized carbons (Fsp3) is 0.778. The molecule has 0 spiro atoms. The molecular weight excluding hydrogens is 455 g/mol. The van der Waals surface area contributed by atoms with Crippen molar-refractivity contribution in [1.82, 2.24) is 9.78 Å². The van der Waals surface area contributed by atoms with Gasteiger partial charge in [0.15, 0.2) is 0 Å². The quantitative estimate of drug-likeness (QED) is 0.583. The molecule has 9 atom stereocenters. The van der Waals surface area contributed by atoms with E-state index in [1.54, 1.807) is 0 Å². The minimum absolute atomic E-state index is 0.0642. The summed E-state index contributed by atoms with van der Waals surface area (Å²) in [5, 5.41) is 23.7. The van der Waals surface area contributed by atoms with Gasteiger partial charge in [-0.25, -0.2) is 4.79 Å². The number of nitriles is 1. The molecule has 0 bridgehead atoms. The summed E-state index contributed by atoms with van der Waals surface area (Å²) in [5.74, 6) is 0.903. The molecule has 0 radical (unpaired) electrons. The predicted octanol–water partition coefficient (Wildman–Crippen LogP) is 5.32. The molecule has 4 saturated carbocycles. The van der Waals surface area contributed by atoms with Crippen LogP contribution in [0.15, 0.2) is 18.0 Å². The van der Waals surface area contributed by atoms with Gasteiger partial charge in [0.2, 0.25) is 0 Å². The summed E-state index contributed by atoms with van der Waals surface area (Å²) in [4.78, 5) is 12.1. The fourth-order valence-electron chi connectivity index (χ4n) is 8.97. The Morgan fingerprint density at radius 2 is 1.94 bits per heavy atom. The Bertz CT molecular complexity index is 1070. The molecule has 1 aromatic rings. The number of hydrogen-bond acceptors (Lipinski definition) is 4. The number of alkyl halides is 3. The summed E-state index contributed by atoms with van der Waals surface area (Å²) >= 11 is 0. The lowest BCUT2D eigenvalue weighted by Crippen LogP contribution is -2.50. The molecule has 4 fully saturated rings. The minimum atomic E-state index is -4.40. The second-order valence-electron chi connectivity index (χ2n) is 12.2. The predicted molar refractivity (Wildman–Crippen MR) is 122 cm³/mol. The van der Waals surface area contributed by atoms with Gasteiger partial charge in [0.1, 0.15) is 12.0 Å². The van der Waals surface area contributed by atoms with Crippen molar-refractivity contribution in [3.8, 4) is 6.07 Å². The molecule has 0 aromatic carbocycles. The van der Waals surface area contributed by atoms with E-state index in [1.807, 2.05) is 25.9 Å². The van der Waals surface area contributed by atoms with Crippen molar-refractivity contribution >= 4 is 5.94 Å². The van der Waals surface area contributed by atoms with Gasteiger partial charge in [-0.15, -0.1) is 0 Å². The van der Waals surface area contributed by atoms with Crippen molar-refractivity contribution in [1.29, 1.82) is 5.26 Å². The van der Waals surface area contributed by atoms with Crippen molar-refractivity contribution in [2.24, 2.45) is 46.8 Å². The summed E-state index contributed by atoms with van der Waals surface area (Å²) in [6.45, 7) is 3.82. The monoisotopic (exact) mass is 489 g/mol. The third-order valence-electron chi connectivity index (χ3n) is 10.3. The SMILES string of the molecule is C[C@@]1(O)CC[C@@H]2C3CC[C@@]4(C)C(C[C@H](C(F)(F)F)C4C(=C=O)Cn4cc(C#N)cn4)C3CC[C@@H]2C1. The maximum atomic E-state index is 14.5. The molecule has 0 aliphatic heterocycles. The number of nitrogens with zero attached hydrogens (tertiary/aromatic N) is 3. The van der Waals surface area contributed by atoms with E-state index in [-0.39, 0.29) is 30.4 Å². The zero-order chi connectivity index (χ0) is 25.2. The Balaban J connectivity index is 1.45. The van der Waals surface area contributed by atoms with Crippen LogP contribution in [0.4, 0.5) is 13.2 Å². The van der Waals surface area contributed by atoms with Crippen LogP contribution >= 0.6 is 0 Å². The van der Waals surface area contributed by atoms with E-state index in [1.165, 1.54) is 17.1 Å². The van der Waals surface area contributed by atoms with Gasteiger partial charge in [0.25, 0.3) is 0 Å². The molecule has 5 nitrogen and oxygen atoms in total. The van der Waals surface area contributed by atoms with Gasteiger partial charge in [0.05, 0.1) is 29.8 Å². The Kier molecular flexibility index (Phi) is 5.96. The van der Waals surface area contributed by atoms with Crippen LogP contribution in [0.2, 0.25) is 0 Å². The van der Waals surface area contributed by atoms with Gasteiger partial charge in [-0.2, -0.15) is 23.5 Å². The number of fused-ring (bicyclic) bond motifs is 5. The third-order valence-corrected chi connectivity index (χ3v) is 10.3. The highest BCUT2D eigenvalue weighted by Crippen LogP contribution is 2.68. The second kappa shape index (κ2) is 8.49. The normalized spacial score (nSPS) is 42.8. The van der Waals surface area contributed by atoms with E-state index in [0.717, 1.165) is 38.5 Å². The van der Waals surface area contributed by atoms with Crippen LogP contribution in [0.1, 0.15) is 70.8 Å². The number of halogens is 3. The summed E-state index contributed by atoms with van der Waals surface area (Å²) in [6.07, 6.45) is 4.43. The molecule has 1 N–H and O–H groups in total. The van der Waals surface area contributed by atoms with E-state index in [4.69, 9.17) is 5.26 Å². The zero-order valence-corrected chi connectivity index (χ0v) is 20.4. The maximum absolute atomic E-state index is 14.5. The lowest BCUT2D eigenvalue weighted by atomic mass is 9.48. The molecule has 4 aliphatic carbocycles. The highest BCUT2D eigenvalue weighted by Gasteiger charge is 2.65. The van der Waals surface area contributed by atoms with Gasteiger partial charge in [-0.1, -0.05) is 6.92 Å². The molecule has 4 aliphatic rings. The lowest BCUT2D eigenvalue weighted by Gasteiger charge is -2.57. The Hall–Kier alpha value is -2.10. The second-order valence-corrected chi connectivity index (χ2v) is 12.2. The first-order valence-corrected chi connectivity index (χ1v) is 12.9. The molecule has 4 unspecified atom stereocenters. The van der Waals surface area contributed by atoms with Gasteiger partial charge < -0.3 is 5.11 Å². The molecule has 8 heteroatoms. The van der Waals surface area contributed by atoms with Crippen molar-refractivity contribution < 1.29 is 23.1 Å². The summed E-state index contributed by atoms with van der Waals surface area (Å²) < 4.78 is 44.8. The smallest absolute Gasteiger partial charge is 0.390 e. The van der Waals surface area contributed by atoms with Crippen LogP contribution in [0.3, 0.4) is 0 Å². The fourth-order valence-corrected chi connectivity index (χ4v) is 8.97. The first kappa shape index (κ1) is 24.6. The van der Waals surface area contributed by atoms with Crippen LogP contribution in [-0.2, 0) is 11.3 Å². The van der Waals surface area contributed by atoms with Gasteiger partial charge >= 0.3 is 6.18 Å². The van der Waals surface area contributed by atoms with Crippen molar-refractivity contribution in [2.75, 3.05) is 0 Å². The highest BCUT2D eigenvalue weighted by atomic mass is 19.4. The van der Waals surface area contributed by atoms with Gasteiger partial charge in [0, 0.05) is 17.7 Å². The first-order chi connectivity index (χ1) is 16.5. The Morgan fingerprint density at radius 3 is 2.60 bits per heavy atom. The van der Waals surface area contributed by atoms with Crippen molar-refractivity contribution in [3.05, 3.63) is 23.5 Å². The molecule has 35 heavy (non-hydrogen) atoms. The molecule has 0 amide bonds. The van der Waals surface area contributed by atoms with E-state index in [0.29, 0.717) is 29.7 Å². The topological polar surface area (TPSA) is 78.9 Å². The van der Waals surface area contributed by atoms with Crippen LogP contribution in [0, 0.1) is 58.2 Å². The molecular formula is C27H34F3N3O2. The first-order valence-electron chi connectivity index (χ1n) is 12.9. The molecule has 5 rings (SSSR count). The minimum Gasteiger partial charge on any atom is -0.390 e. The number of hydrogen-bond donors (Lipinski definition) is 1. The van der Waals surface area contributed by atoms with Gasteiger partial charge in [-0.05, 0) is 93.3 Å². The molecule has 1 aromatic heterocycles. The Morgan fingerprint density at radius 1 is 1.20 bits per heavy atom. The molecule has 0 saturated heterocycles. The molecule has 1 heterocycles. The standard InChI is InChI=1S/C27H34F3N3O2/c1-25(35)7-5-19-17(10-25)3-4-21-20(19)6-8-26(2)22(21)9-23(27(28,29)30)24(26)18(15-34)14-33-13-16(11-31)12-32-33/h12-13,17,19-24,35H,3-10,14H2,1-2H3/t17-,19+,20?,21?,22?,23+,24?,25-,26+/m1/s1. The number of rotatable bonds is 3. The number of aliphatic hydroxyl groups is 1. The number of aromatic nitrogens is 2. The number of carbonyl (C=O) groups excluding carboxylic acids is 1. The van der Waals surface area contributed by atoms with E-state index < -0.39 is 29.0 Å². The molecule has 190 valence electrons. The van der Waals surface area contributed by atoms with Crippen molar-refractivity contribution in [2.45, 2.75) is 83.5 Å². The number of allylic oxidation sites excluding steroid dienone is 1. The van der Waals surface area contributed by atoms with Crippen LogP contribution in [0.5, 0.6) is 0 Å². The zero-order valence-electron chi connectivity index (χ0n) is 20.4. The van der Waals surface area contributed by atoms with Crippen molar-refractivity contribution in [3.63, 3.8) is 0 Å². The van der Waals surface area contributed by atoms with Crippen LogP contribution in [-0.4, -0.2) is 32.6 Å². The highest BCUT2D eigenvalue weighted by molar-refractivity contribution is 5.54. The van der Waals surface area contributed by atoms with E-state index in [9.17, 15) is 23.1 Å². The lowest BCUT2D eigenvalue weighted by molar-refractivity contribution is -0.184. The summed E-state index contributed by atoms with van der Waals surface area (Å²) in [7, 11) is 0. The van der Waals surface area contributed by atoms with E-state index in [2.05, 4.69) is 5.10 Å². The maximum Gasteiger partial charge on any atom is 0.392 e. The summed E-state index contributed by atoms with van der Waals surface area (Å²) in [5.41, 5.74) is -0.821. The largest absolute Gasteiger partial charge is 0.392 e. The third kappa shape index (κ3) is 4.15. The van der Waals surface area contributed by atoms with Gasteiger partial charge in [-0.3, -0.25) is 4.68 Å². The van der Waals surface area contributed by atoms with E-state index >= 15 is 0 Å². The summed E-state index contributed by atoms with van der Waals surface area (Å²) in [6, 6.07) is 1.97. The van der Waals surface area contributed by atoms with Crippen LogP contribution < -0.4 is 0 Å². The van der Waals surface area contributed by atoms with Crippen LogP contribution in [0.25, 0.3) is 0 Å². The Labute approximate surface area is 204 Å². The average molecular weight is 490 g/mol.